The van der Waals surface area contributed by atoms with E-state index in [1.807, 2.05) is 6.92 Å². The summed E-state index contributed by atoms with van der Waals surface area (Å²) in [7, 11) is -1.16. The van der Waals surface area contributed by atoms with Crippen molar-refractivity contribution in [1.29, 1.82) is 0 Å². The minimum Gasteiger partial charge on any atom is -0.496 e. The van der Waals surface area contributed by atoms with E-state index in [0.717, 1.165) is 0 Å². The van der Waals surface area contributed by atoms with Gasteiger partial charge in [0.05, 0.1) is 12.7 Å². The molecule has 3 rings (SSSR count). The van der Waals surface area contributed by atoms with Crippen LogP contribution in [0, 0.1) is 6.92 Å². The summed E-state index contributed by atoms with van der Waals surface area (Å²) in [4.78, 5) is 24.1. The highest BCUT2D eigenvalue weighted by Crippen LogP contribution is 2.34. The van der Waals surface area contributed by atoms with Gasteiger partial charge in [-0.15, -0.1) is 0 Å². The second-order valence-electron chi connectivity index (χ2n) is 8.06. The molecule has 3 aromatic rings. The van der Waals surface area contributed by atoms with Crippen LogP contribution in [0.1, 0.15) is 46.7 Å². The number of carboxylic acids is 1. The van der Waals surface area contributed by atoms with E-state index in [-0.39, 0.29) is 45.1 Å². The lowest BCUT2D eigenvalue weighted by Gasteiger charge is -2.17. The molecular formula is C24H28N4O7S. The SMILES string of the molecule is CCC(C)NS(=O)(=O)c1cc(NC(=O)c2ccccc2OC)ccc1Oc1c(C)c(C(=O)O)nn1C. The molecule has 0 aliphatic heterocycles. The number of ether oxygens (including phenoxy) is 2. The maximum Gasteiger partial charge on any atom is 0.356 e. The lowest BCUT2D eigenvalue weighted by Crippen LogP contribution is -2.32. The third kappa shape index (κ3) is 5.66. The van der Waals surface area contributed by atoms with Crippen LogP contribution < -0.4 is 19.5 Å². The van der Waals surface area contributed by atoms with Crippen LogP contribution in [-0.2, 0) is 17.1 Å². The molecule has 3 N–H and O–H groups in total. The molecule has 0 saturated carbocycles. The van der Waals surface area contributed by atoms with Gasteiger partial charge in [0.15, 0.2) is 5.69 Å². The Kier molecular flexibility index (Phi) is 8.00. The van der Waals surface area contributed by atoms with Crippen molar-refractivity contribution in [2.45, 2.75) is 38.1 Å². The molecule has 1 amide bonds. The first-order chi connectivity index (χ1) is 17.0. The van der Waals surface area contributed by atoms with E-state index in [9.17, 15) is 23.1 Å². The van der Waals surface area contributed by atoms with Crippen molar-refractivity contribution < 1.29 is 32.6 Å². The molecule has 1 atom stereocenters. The van der Waals surface area contributed by atoms with Gasteiger partial charge in [-0.05, 0) is 50.6 Å². The normalized spacial score (nSPS) is 12.1. The molecule has 0 spiro atoms. The number of methoxy groups -OCH3 is 1. The third-order valence-electron chi connectivity index (χ3n) is 5.44. The summed E-state index contributed by atoms with van der Waals surface area (Å²) in [5, 5.41) is 16.0. The van der Waals surface area contributed by atoms with Crippen LogP contribution in [0.3, 0.4) is 0 Å². The Morgan fingerprint density at radius 2 is 1.86 bits per heavy atom. The quantitative estimate of drug-likeness (QED) is 0.370. The first kappa shape index (κ1) is 26.7. The number of sulfonamides is 1. The van der Waals surface area contributed by atoms with E-state index in [1.54, 1.807) is 31.2 Å². The van der Waals surface area contributed by atoms with Crippen molar-refractivity contribution in [2.24, 2.45) is 7.05 Å². The number of rotatable bonds is 10. The number of aromatic nitrogens is 2. The second kappa shape index (κ2) is 10.8. The monoisotopic (exact) mass is 516 g/mol. The first-order valence-corrected chi connectivity index (χ1v) is 12.5. The summed E-state index contributed by atoms with van der Waals surface area (Å²) in [5.74, 6) is -1.36. The Morgan fingerprint density at radius 1 is 1.17 bits per heavy atom. The van der Waals surface area contributed by atoms with Crippen LogP contribution in [0.5, 0.6) is 17.4 Å². The number of nitrogens with one attached hydrogen (secondary N) is 2. The largest absolute Gasteiger partial charge is 0.496 e. The summed E-state index contributed by atoms with van der Waals surface area (Å²) < 4.78 is 41.4. The molecule has 0 radical (unpaired) electrons. The molecule has 11 nitrogen and oxygen atoms in total. The van der Waals surface area contributed by atoms with E-state index in [0.29, 0.717) is 12.2 Å². The van der Waals surface area contributed by atoms with E-state index in [1.165, 1.54) is 44.0 Å². The Bertz CT molecular complexity index is 1400. The average Bonchev–Trinajstić information content (AvgIpc) is 3.12. The van der Waals surface area contributed by atoms with Gasteiger partial charge in [0.1, 0.15) is 16.4 Å². The van der Waals surface area contributed by atoms with Crippen LogP contribution in [0.2, 0.25) is 0 Å². The number of benzene rings is 2. The van der Waals surface area contributed by atoms with Gasteiger partial charge >= 0.3 is 5.97 Å². The highest BCUT2D eigenvalue weighted by molar-refractivity contribution is 7.89. The highest BCUT2D eigenvalue weighted by atomic mass is 32.2. The average molecular weight is 517 g/mol. The number of aromatic carboxylic acids is 1. The van der Waals surface area contributed by atoms with E-state index >= 15 is 0 Å². The molecule has 0 bridgehead atoms. The van der Waals surface area contributed by atoms with Gasteiger partial charge < -0.3 is 19.9 Å². The molecule has 0 aliphatic rings. The molecule has 1 heterocycles. The summed E-state index contributed by atoms with van der Waals surface area (Å²) >= 11 is 0. The number of anilines is 1. The summed E-state index contributed by atoms with van der Waals surface area (Å²) in [5.41, 5.74) is 0.497. The minimum atomic E-state index is -4.09. The van der Waals surface area contributed by atoms with Crippen LogP contribution in [0.15, 0.2) is 47.4 Å². The fraction of sp³-hybridized carbons (Fsp3) is 0.292. The number of aryl methyl sites for hydroxylation is 1. The predicted octanol–water partition coefficient (Wildman–Crippen LogP) is 3.56. The molecule has 36 heavy (non-hydrogen) atoms. The molecule has 0 saturated heterocycles. The number of amides is 1. The lowest BCUT2D eigenvalue weighted by atomic mass is 10.2. The molecule has 192 valence electrons. The standard InChI is InChI=1S/C24H28N4O7S/c1-6-14(2)27-36(32,33)20-13-16(25-22(29)17-9-7-8-10-18(17)34-5)11-12-19(20)35-23-15(3)21(24(30)31)26-28(23)4/h7-14,27H,6H2,1-5H3,(H,25,29)(H,30,31). The van der Waals surface area contributed by atoms with E-state index in [4.69, 9.17) is 9.47 Å². The molecule has 0 aliphatic carbocycles. The van der Waals surface area contributed by atoms with Crippen LogP contribution in [0.25, 0.3) is 0 Å². The van der Waals surface area contributed by atoms with Crippen molar-refractivity contribution >= 4 is 27.6 Å². The molecule has 2 aromatic carbocycles. The fourth-order valence-corrected chi connectivity index (χ4v) is 4.87. The maximum absolute atomic E-state index is 13.3. The molecular weight excluding hydrogens is 488 g/mol. The predicted molar refractivity (Wildman–Crippen MR) is 132 cm³/mol. The minimum absolute atomic E-state index is 0.0656. The molecule has 0 fully saturated rings. The zero-order chi connectivity index (χ0) is 26.6. The first-order valence-electron chi connectivity index (χ1n) is 11.0. The van der Waals surface area contributed by atoms with Crippen molar-refractivity contribution in [2.75, 3.05) is 12.4 Å². The highest BCUT2D eigenvalue weighted by Gasteiger charge is 2.26. The van der Waals surface area contributed by atoms with Gasteiger partial charge in [-0.2, -0.15) is 5.10 Å². The summed E-state index contributed by atoms with van der Waals surface area (Å²) in [6.07, 6.45) is 0.544. The summed E-state index contributed by atoms with van der Waals surface area (Å²) in [6, 6.07) is 10.4. The Hall–Kier alpha value is -3.90. The summed E-state index contributed by atoms with van der Waals surface area (Å²) in [6.45, 7) is 5.07. The molecule has 12 heteroatoms. The van der Waals surface area contributed by atoms with Crippen molar-refractivity contribution in [3.8, 4) is 17.4 Å². The van der Waals surface area contributed by atoms with Gasteiger partial charge in [0.2, 0.25) is 15.9 Å². The van der Waals surface area contributed by atoms with E-state index < -0.39 is 21.9 Å². The number of hydrogen-bond acceptors (Lipinski definition) is 7. The molecule has 1 aromatic heterocycles. The topological polar surface area (TPSA) is 149 Å². The van der Waals surface area contributed by atoms with Crippen molar-refractivity contribution in [3.05, 3.63) is 59.3 Å². The fourth-order valence-electron chi connectivity index (χ4n) is 3.39. The number of nitrogens with zero attached hydrogens (tertiary/aromatic N) is 2. The van der Waals surface area contributed by atoms with Gasteiger partial charge in [-0.25, -0.2) is 22.6 Å². The second-order valence-corrected chi connectivity index (χ2v) is 9.74. The third-order valence-corrected chi connectivity index (χ3v) is 7.05. The van der Waals surface area contributed by atoms with Gasteiger partial charge in [-0.1, -0.05) is 19.1 Å². The zero-order valence-electron chi connectivity index (χ0n) is 20.5. The lowest BCUT2D eigenvalue weighted by molar-refractivity contribution is 0.0688. The maximum atomic E-state index is 13.3. The van der Waals surface area contributed by atoms with Crippen molar-refractivity contribution in [3.63, 3.8) is 0 Å². The van der Waals surface area contributed by atoms with Crippen LogP contribution >= 0.6 is 0 Å². The van der Waals surface area contributed by atoms with Gasteiger partial charge in [0.25, 0.3) is 5.91 Å². The Balaban J connectivity index is 2.05. The van der Waals surface area contributed by atoms with Crippen molar-refractivity contribution in [1.82, 2.24) is 14.5 Å². The van der Waals surface area contributed by atoms with Gasteiger partial charge in [-0.3, -0.25) is 4.79 Å². The van der Waals surface area contributed by atoms with Crippen LogP contribution in [0.4, 0.5) is 5.69 Å². The molecule has 1 unspecified atom stereocenters. The van der Waals surface area contributed by atoms with Gasteiger partial charge in [0, 0.05) is 24.3 Å². The number of para-hydroxylation sites is 1. The Labute approximate surface area is 209 Å². The zero-order valence-corrected chi connectivity index (χ0v) is 21.3. The number of carboxylic acid groups (broad SMARTS) is 1. The van der Waals surface area contributed by atoms with Crippen LogP contribution in [-0.4, -0.2) is 48.3 Å². The number of carbonyl (C=O) groups is 2. The number of hydrogen-bond donors (Lipinski definition) is 3. The number of carbonyl (C=O) groups excluding carboxylic acids is 1. The van der Waals surface area contributed by atoms with E-state index in [2.05, 4.69) is 15.1 Å². The Morgan fingerprint density at radius 3 is 2.47 bits per heavy atom. The smallest absolute Gasteiger partial charge is 0.356 e.